The first-order valence-electron chi connectivity index (χ1n) is 7.70. The molecule has 1 aromatic carbocycles. The third kappa shape index (κ3) is 8.32. The normalized spacial score (nSPS) is 12.6. The molecule has 0 aromatic heterocycles. The van der Waals surface area contributed by atoms with Crippen molar-refractivity contribution in [1.82, 2.24) is 9.62 Å². The molecule has 0 unspecified atom stereocenters. The molecule has 4 nitrogen and oxygen atoms in total. The van der Waals surface area contributed by atoms with Gasteiger partial charge in [-0.25, -0.2) is 13.1 Å². The van der Waals surface area contributed by atoms with Crippen LogP contribution in [0.25, 0.3) is 6.08 Å². The maximum Gasteiger partial charge on any atom is 0.233 e. The van der Waals surface area contributed by atoms with Crippen LogP contribution in [-0.4, -0.2) is 40.5 Å². The quantitative estimate of drug-likeness (QED) is 0.711. The molecule has 0 fully saturated rings. The maximum atomic E-state index is 11.8. The summed E-state index contributed by atoms with van der Waals surface area (Å²) >= 11 is 0. The topological polar surface area (TPSA) is 49.4 Å². The lowest BCUT2D eigenvalue weighted by molar-refractivity contribution is 0.400. The third-order valence-corrected chi connectivity index (χ3v) is 4.25. The van der Waals surface area contributed by atoms with Gasteiger partial charge in [0, 0.05) is 12.0 Å². The van der Waals surface area contributed by atoms with Crippen molar-refractivity contribution in [3.05, 3.63) is 40.8 Å². The summed E-state index contributed by atoms with van der Waals surface area (Å²) in [5.74, 6) is 0.619. The molecule has 1 aromatic rings. The van der Waals surface area contributed by atoms with Crippen LogP contribution in [-0.2, 0) is 16.4 Å². The van der Waals surface area contributed by atoms with Crippen molar-refractivity contribution in [2.24, 2.45) is 5.92 Å². The Morgan fingerprint density at radius 1 is 1.18 bits per heavy atom. The van der Waals surface area contributed by atoms with E-state index >= 15 is 0 Å². The Morgan fingerprint density at radius 2 is 1.82 bits per heavy atom. The van der Waals surface area contributed by atoms with E-state index in [4.69, 9.17) is 0 Å². The lowest BCUT2D eigenvalue weighted by Crippen LogP contribution is -2.25. The van der Waals surface area contributed by atoms with Gasteiger partial charge in [0.05, 0.1) is 0 Å². The van der Waals surface area contributed by atoms with Gasteiger partial charge in [-0.15, -0.1) is 0 Å². The van der Waals surface area contributed by atoms with Gasteiger partial charge in [-0.3, -0.25) is 0 Å². The Bertz CT molecular complexity index is 561. The largest absolute Gasteiger partial charge is 0.309 e. The first kappa shape index (κ1) is 18.9. The van der Waals surface area contributed by atoms with Crippen LogP contribution in [0, 0.1) is 5.92 Å². The van der Waals surface area contributed by atoms with Gasteiger partial charge in [-0.05, 0) is 56.6 Å². The van der Waals surface area contributed by atoms with Crippen molar-refractivity contribution in [2.45, 2.75) is 26.7 Å². The second-order valence-electron chi connectivity index (χ2n) is 6.24. The Balaban J connectivity index is 2.51. The van der Waals surface area contributed by atoms with Crippen molar-refractivity contribution < 1.29 is 8.42 Å². The summed E-state index contributed by atoms with van der Waals surface area (Å²) in [4.78, 5) is 2.03. The molecule has 5 heteroatoms. The summed E-state index contributed by atoms with van der Waals surface area (Å²) in [7, 11) is 0.583. The van der Waals surface area contributed by atoms with Crippen LogP contribution >= 0.6 is 0 Å². The van der Waals surface area contributed by atoms with Gasteiger partial charge in [0.25, 0.3) is 0 Å². The van der Waals surface area contributed by atoms with Crippen molar-refractivity contribution in [1.29, 1.82) is 0 Å². The smallest absolute Gasteiger partial charge is 0.233 e. The molecule has 0 spiro atoms. The van der Waals surface area contributed by atoms with Crippen LogP contribution in [0.5, 0.6) is 0 Å². The Labute approximate surface area is 135 Å². The Kier molecular flexibility index (Phi) is 7.79. The number of rotatable bonds is 9. The SMILES string of the molecule is CC(C)Cc1ccc(/C=C/S(=O)(=O)NCCCN(C)C)cc1. The first-order valence-corrected chi connectivity index (χ1v) is 9.24. The molecule has 22 heavy (non-hydrogen) atoms. The summed E-state index contributed by atoms with van der Waals surface area (Å²) in [6.45, 7) is 5.69. The fourth-order valence-electron chi connectivity index (χ4n) is 2.06. The molecule has 0 bridgehead atoms. The van der Waals surface area contributed by atoms with Gasteiger partial charge in [0.15, 0.2) is 0 Å². The number of nitrogens with one attached hydrogen (secondary N) is 1. The Hall–Kier alpha value is -1.17. The van der Waals surface area contributed by atoms with E-state index in [1.165, 1.54) is 11.0 Å². The van der Waals surface area contributed by atoms with Gasteiger partial charge in [0.2, 0.25) is 10.0 Å². The molecule has 124 valence electrons. The first-order chi connectivity index (χ1) is 10.3. The molecule has 1 rings (SSSR count). The van der Waals surface area contributed by atoms with Crippen molar-refractivity contribution >= 4 is 16.1 Å². The number of hydrogen-bond donors (Lipinski definition) is 1. The molecule has 0 saturated heterocycles. The van der Waals surface area contributed by atoms with Crippen LogP contribution in [0.2, 0.25) is 0 Å². The van der Waals surface area contributed by atoms with Crippen LogP contribution in [0.3, 0.4) is 0 Å². The Morgan fingerprint density at radius 3 is 2.36 bits per heavy atom. The van der Waals surface area contributed by atoms with E-state index in [0.717, 1.165) is 24.9 Å². The minimum atomic E-state index is -3.36. The molecule has 0 saturated carbocycles. The molecule has 0 radical (unpaired) electrons. The average molecular weight is 324 g/mol. The monoisotopic (exact) mass is 324 g/mol. The predicted molar refractivity (Wildman–Crippen MR) is 94.1 cm³/mol. The van der Waals surface area contributed by atoms with Gasteiger partial charge < -0.3 is 4.90 Å². The summed E-state index contributed by atoms with van der Waals surface area (Å²) in [6.07, 6.45) is 3.47. The minimum Gasteiger partial charge on any atom is -0.309 e. The molecular weight excluding hydrogens is 296 g/mol. The van der Waals surface area contributed by atoms with E-state index in [-0.39, 0.29) is 0 Å². The zero-order chi connectivity index (χ0) is 16.6. The standard InChI is InChI=1S/C17H28N2O2S/c1-15(2)14-17-8-6-16(7-9-17)10-13-22(20,21)18-11-5-12-19(3)4/h6-10,13,15,18H,5,11-12,14H2,1-4H3/b13-10+. The summed E-state index contributed by atoms with van der Waals surface area (Å²) in [6, 6.07) is 8.01. The van der Waals surface area contributed by atoms with Crippen LogP contribution in [0.15, 0.2) is 29.7 Å². The third-order valence-electron chi connectivity index (χ3n) is 3.15. The zero-order valence-electron chi connectivity index (χ0n) is 14.0. The average Bonchev–Trinajstić information content (AvgIpc) is 2.42. The summed E-state index contributed by atoms with van der Waals surface area (Å²) in [5, 5.41) is 1.24. The lowest BCUT2D eigenvalue weighted by Gasteiger charge is -2.09. The molecule has 1 N–H and O–H groups in total. The number of sulfonamides is 1. The van der Waals surface area contributed by atoms with Gasteiger partial charge in [0.1, 0.15) is 0 Å². The summed E-state index contributed by atoms with van der Waals surface area (Å²) < 4.78 is 26.3. The van der Waals surface area contributed by atoms with Gasteiger partial charge in [-0.1, -0.05) is 38.1 Å². The fraction of sp³-hybridized carbons (Fsp3) is 0.529. The minimum absolute atomic E-state index is 0.457. The maximum absolute atomic E-state index is 11.8. The summed E-state index contributed by atoms with van der Waals surface area (Å²) in [5.41, 5.74) is 2.17. The molecule has 0 aliphatic heterocycles. The van der Waals surface area contributed by atoms with E-state index in [9.17, 15) is 8.42 Å². The molecule has 0 aliphatic carbocycles. The number of benzene rings is 1. The van der Waals surface area contributed by atoms with E-state index in [1.807, 2.05) is 31.1 Å². The molecule has 0 aliphatic rings. The van der Waals surface area contributed by atoms with E-state index in [2.05, 4.69) is 30.7 Å². The van der Waals surface area contributed by atoms with E-state index in [1.54, 1.807) is 6.08 Å². The fourth-order valence-corrected chi connectivity index (χ4v) is 2.92. The van der Waals surface area contributed by atoms with Crippen LogP contribution < -0.4 is 4.72 Å². The highest BCUT2D eigenvalue weighted by Crippen LogP contribution is 2.11. The predicted octanol–water partition coefficient (Wildman–Crippen LogP) is 2.73. The molecule has 0 atom stereocenters. The highest BCUT2D eigenvalue weighted by atomic mass is 32.2. The lowest BCUT2D eigenvalue weighted by atomic mass is 10.0. The van der Waals surface area contributed by atoms with Gasteiger partial charge in [-0.2, -0.15) is 0 Å². The highest BCUT2D eigenvalue weighted by molar-refractivity contribution is 7.92. The van der Waals surface area contributed by atoms with E-state index < -0.39 is 10.0 Å². The van der Waals surface area contributed by atoms with Crippen molar-refractivity contribution in [3.8, 4) is 0 Å². The number of hydrogen-bond acceptors (Lipinski definition) is 3. The van der Waals surface area contributed by atoms with Crippen molar-refractivity contribution in [2.75, 3.05) is 27.2 Å². The van der Waals surface area contributed by atoms with Crippen LogP contribution in [0.4, 0.5) is 0 Å². The van der Waals surface area contributed by atoms with E-state index in [0.29, 0.717) is 12.5 Å². The highest BCUT2D eigenvalue weighted by Gasteiger charge is 2.04. The molecular formula is C17H28N2O2S. The van der Waals surface area contributed by atoms with Crippen molar-refractivity contribution in [3.63, 3.8) is 0 Å². The van der Waals surface area contributed by atoms with Gasteiger partial charge >= 0.3 is 0 Å². The second-order valence-corrected chi connectivity index (χ2v) is 7.89. The molecule has 0 amide bonds. The number of nitrogens with zero attached hydrogens (tertiary/aromatic N) is 1. The zero-order valence-corrected chi connectivity index (χ0v) is 14.9. The second kappa shape index (κ2) is 9.08. The van der Waals surface area contributed by atoms with Crippen LogP contribution in [0.1, 0.15) is 31.4 Å². The molecule has 0 heterocycles.